The highest BCUT2D eigenvalue weighted by Gasteiger charge is 2.22. The van der Waals surface area contributed by atoms with E-state index in [9.17, 15) is 5.11 Å². The van der Waals surface area contributed by atoms with Crippen LogP contribution >= 0.6 is 0 Å². The van der Waals surface area contributed by atoms with Crippen molar-refractivity contribution in [1.82, 2.24) is 10.3 Å². The molecule has 13 heavy (non-hydrogen) atoms. The lowest BCUT2D eigenvalue weighted by molar-refractivity contribution is 0.110. The molecule has 0 aromatic carbocycles. The quantitative estimate of drug-likeness (QED) is 0.640. The zero-order chi connectivity index (χ0) is 9.10. The second kappa shape index (κ2) is 3.94. The minimum absolute atomic E-state index is 0.229. The molecule has 1 fully saturated rings. The third-order valence-corrected chi connectivity index (χ3v) is 2.67. The number of rotatable bonds is 2. The molecule has 0 saturated carbocycles. The molecule has 2 heterocycles. The average Bonchev–Trinajstić information content (AvgIpc) is 2.71. The summed E-state index contributed by atoms with van der Waals surface area (Å²) in [5.41, 5.74) is 0.916. The Balaban J connectivity index is 1.99. The first-order valence-electron chi connectivity index (χ1n) is 4.92. The maximum absolute atomic E-state index is 9.94. The molecule has 0 radical (unpaired) electrons. The van der Waals surface area contributed by atoms with Gasteiger partial charge in [0.15, 0.2) is 0 Å². The molecule has 72 valence electrons. The molecule has 3 nitrogen and oxygen atoms in total. The molecular weight excluding hydrogens is 164 g/mol. The fourth-order valence-corrected chi connectivity index (χ4v) is 1.89. The molecule has 2 unspecified atom stereocenters. The molecule has 0 amide bonds. The van der Waals surface area contributed by atoms with Gasteiger partial charge in [-0.15, -0.1) is 0 Å². The van der Waals surface area contributed by atoms with E-state index in [2.05, 4.69) is 10.3 Å². The van der Waals surface area contributed by atoms with Crippen LogP contribution < -0.4 is 5.32 Å². The summed E-state index contributed by atoms with van der Waals surface area (Å²) in [6.45, 7) is 1.03. The van der Waals surface area contributed by atoms with Crippen LogP contribution in [0.25, 0.3) is 0 Å². The Bertz CT molecular complexity index is 239. The molecular formula is C10H16N2O. The van der Waals surface area contributed by atoms with Gasteiger partial charge in [-0.3, -0.25) is 0 Å². The second-order valence-corrected chi connectivity index (χ2v) is 3.63. The number of aromatic nitrogens is 1. The van der Waals surface area contributed by atoms with Crippen molar-refractivity contribution in [2.45, 2.75) is 31.4 Å². The summed E-state index contributed by atoms with van der Waals surface area (Å²) in [7, 11) is 0. The molecule has 1 saturated heterocycles. The number of hydrogen-bond acceptors (Lipinski definition) is 2. The molecule has 0 aliphatic carbocycles. The summed E-state index contributed by atoms with van der Waals surface area (Å²) in [5, 5.41) is 13.3. The standard InChI is InChI=1S/C10H16N2O/c13-10(9-5-3-7-12-9)8-4-1-2-6-11-8/h3,5,7-8,10-13H,1-2,4,6H2. The summed E-state index contributed by atoms with van der Waals surface area (Å²) in [6, 6.07) is 4.08. The van der Waals surface area contributed by atoms with Crippen LogP contribution in [0.1, 0.15) is 31.1 Å². The lowest BCUT2D eigenvalue weighted by Crippen LogP contribution is -2.38. The van der Waals surface area contributed by atoms with E-state index in [4.69, 9.17) is 0 Å². The number of aromatic amines is 1. The van der Waals surface area contributed by atoms with Crippen LogP contribution in [0.15, 0.2) is 18.3 Å². The maximum atomic E-state index is 9.94. The van der Waals surface area contributed by atoms with Gasteiger partial charge >= 0.3 is 0 Å². The Kier molecular flexibility index (Phi) is 2.66. The Morgan fingerprint density at radius 2 is 2.38 bits per heavy atom. The summed E-state index contributed by atoms with van der Waals surface area (Å²) >= 11 is 0. The van der Waals surface area contributed by atoms with Gasteiger partial charge in [0, 0.05) is 17.9 Å². The average molecular weight is 180 g/mol. The van der Waals surface area contributed by atoms with Gasteiger partial charge < -0.3 is 15.4 Å². The predicted molar refractivity (Wildman–Crippen MR) is 51.4 cm³/mol. The van der Waals surface area contributed by atoms with Gasteiger partial charge in [0.25, 0.3) is 0 Å². The first kappa shape index (κ1) is 8.78. The number of aliphatic hydroxyl groups excluding tert-OH is 1. The van der Waals surface area contributed by atoms with Gasteiger partial charge in [0.1, 0.15) is 6.10 Å². The van der Waals surface area contributed by atoms with E-state index >= 15 is 0 Å². The Hall–Kier alpha value is -0.800. The summed E-state index contributed by atoms with van der Waals surface area (Å²) in [4.78, 5) is 3.04. The van der Waals surface area contributed by atoms with E-state index in [1.54, 1.807) is 0 Å². The molecule has 1 aromatic rings. The summed E-state index contributed by atoms with van der Waals surface area (Å²) < 4.78 is 0. The van der Waals surface area contributed by atoms with E-state index in [-0.39, 0.29) is 12.1 Å². The van der Waals surface area contributed by atoms with Gasteiger partial charge in [-0.1, -0.05) is 6.42 Å². The highest BCUT2D eigenvalue weighted by molar-refractivity contribution is 5.09. The van der Waals surface area contributed by atoms with Crippen LogP contribution in [0, 0.1) is 0 Å². The summed E-state index contributed by atoms with van der Waals surface area (Å²) in [5.74, 6) is 0. The fraction of sp³-hybridized carbons (Fsp3) is 0.600. The van der Waals surface area contributed by atoms with E-state index in [0.717, 1.165) is 18.7 Å². The van der Waals surface area contributed by atoms with Crippen LogP contribution in [0.4, 0.5) is 0 Å². The highest BCUT2D eigenvalue weighted by Crippen LogP contribution is 2.21. The molecule has 0 bridgehead atoms. The van der Waals surface area contributed by atoms with E-state index < -0.39 is 0 Å². The molecule has 3 N–H and O–H groups in total. The molecule has 2 atom stereocenters. The lowest BCUT2D eigenvalue weighted by Gasteiger charge is -2.27. The molecule has 3 heteroatoms. The molecule has 1 aliphatic rings. The highest BCUT2D eigenvalue weighted by atomic mass is 16.3. The van der Waals surface area contributed by atoms with E-state index in [1.807, 2.05) is 18.3 Å². The van der Waals surface area contributed by atoms with Crippen molar-refractivity contribution in [2.75, 3.05) is 6.54 Å². The van der Waals surface area contributed by atoms with Crippen molar-refractivity contribution in [1.29, 1.82) is 0 Å². The lowest BCUT2D eigenvalue weighted by atomic mass is 9.98. The first-order chi connectivity index (χ1) is 6.38. The largest absolute Gasteiger partial charge is 0.385 e. The van der Waals surface area contributed by atoms with Crippen molar-refractivity contribution < 1.29 is 5.11 Å². The topological polar surface area (TPSA) is 48.0 Å². The van der Waals surface area contributed by atoms with Gasteiger partial charge in [-0.05, 0) is 31.5 Å². The minimum Gasteiger partial charge on any atom is -0.385 e. The van der Waals surface area contributed by atoms with Crippen molar-refractivity contribution >= 4 is 0 Å². The summed E-state index contributed by atoms with van der Waals surface area (Å²) in [6.07, 6.45) is 4.99. The number of nitrogens with one attached hydrogen (secondary N) is 2. The fourth-order valence-electron chi connectivity index (χ4n) is 1.89. The van der Waals surface area contributed by atoms with Crippen LogP contribution in [0.2, 0.25) is 0 Å². The zero-order valence-electron chi connectivity index (χ0n) is 7.66. The van der Waals surface area contributed by atoms with Crippen LogP contribution in [0.5, 0.6) is 0 Å². The molecule has 2 rings (SSSR count). The van der Waals surface area contributed by atoms with Crippen molar-refractivity contribution in [2.24, 2.45) is 0 Å². The SMILES string of the molecule is OC(c1ccc[nH]1)C1CCCCN1. The molecule has 0 spiro atoms. The van der Waals surface area contributed by atoms with E-state index in [1.165, 1.54) is 12.8 Å². The molecule has 1 aliphatic heterocycles. The van der Waals surface area contributed by atoms with Crippen molar-refractivity contribution in [3.05, 3.63) is 24.0 Å². The second-order valence-electron chi connectivity index (χ2n) is 3.63. The van der Waals surface area contributed by atoms with Crippen LogP contribution in [-0.4, -0.2) is 22.7 Å². The van der Waals surface area contributed by atoms with Crippen LogP contribution in [0.3, 0.4) is 0 Å². The first-order valence-corrected chi connectivity index (χ1v) is 4.92. The zero-order valence-corrected chi connectivity index (χ0v) is 7.66. The Morgan fingerprint density at radius 1 is 1.46 bits per heavy atom. The maximum Gasteiger partial charge on any atom is 0.109 e. The number of aliphatic hydroxyl groups is 1. The Labute approximate surface area is 78.2 Å². The third kappa shape index (κ3) is 1.92. The van der Waals surface area contributed by atoms with E-state index in [0.29, 0.717) is 0 Å². The minimum atomic E-state index is -0.379. The van der Waals surface area contributed by atoms with Gasteiger partial charge in [-0.25, -0.2) is 0 Å². The van der Waals surface area contributed by atoms with Crippen molar-refractivity contribution in [3.8, 4) is 0 Å². The van der Waals surface area contributed by atoms with Gasteiger partial charge in [0.05, 0.1) is 0 Å². The smallest absolute Gasteiger partial charge is 0.109 e. The molecule has 1 aromatic heterocycles. The number of piperidine rings is 1. The normalized spacial score (nSPS) is 25.8. The monoisotopic (exact) mass is 180 g/mol. The van der Waals surface area contributed by atoms with Crippen molar-refractivity contribution in [3.63, 3.8) is 0 Å². The van der Waals surface area contributed by atoms with Gasteiger partial charge in [-0.2, -0.15) is 0 Å². The number of hydrogen-bond donors (Lipinski definition) is 3. The van der Waals surface area contributed by atoms with Gasteiger partial charge in [0.2, 0.25) is 0 Å². The number of H-pyrrole nitrogens is 1. The third-order valence-electron chi connectivity index (χ3n) is 2.67. The van der Waals surface area contributed by atoms with Crippen LogP contribution in [-0.2, 0) is 0 Å². The predicted octanol–water partition coefficient (Wildman–Crippen LogP) is 1.19. The Morgan fingerprint density at radius 3 is 3.00 bits per heavy atom.